The normalized spacial score (nSPS) is 18.9. The van der Waals surface area contributed by atoms with E-state index < -0.39 is 0 Å². The van der Waals surface area contributed by atoms with Crippen LogP contribution in [-0.4, -0.2) is 66.0 Å². The summed E-state index contributed by atoms with van der Waals surface area (Å²) in [7, 11) is 0. The third-order valence-corrected chi connectivity index (χ3v) is 6.36. The number of nitrogens with zero attached hydrogens (tertiary/aromatic N) is 4. The van der Waals surface area contributed by atoms with Crippen LogP contribution in [0.25, 0.3) is 10.9 Å². The van der Waals surface area contributed by atoms with Crippen LogP contribution in [0, 0.1) is 12.8 Å². The number of anilines is 1. The van der Waals surface area contributed by atoms with Gasteiger partial charge in [0, 0.05) is 68.0 Å². The van der Waals surface area contributed by atoms with Gasteiger partial charge in [0.2, 0.25) is 5.91 Å². The SMILES string of the molecule is Cc1cc(N2CCC(C(=O)N3CCN(C(C)C)CC3)CC2)c2ccccc2n1.Cl. The van der Waals surface area contributed by atoms with Crippen molar-refractivity contribution in [1.82, 2.24) is 14.8 Å². The van der Waals surface area contributed by atoms with Crippen molar-refractivity contribution in [3.8, 4) is 0 Å². The van der Waals surface area contributed by atoms with Crippen molar-refractivity contribution in [3.05, 3.63) is 36.0 Å². The molecule has 5 nitrogen and oxygen atoms in total. The molecule has 4 rings (SSSR count). The lowest BCUT2D eigenvalue weighted by Gasteiger charge is -2.40. The number of fused-ring (bicyclic) bond motifs is 1. The molecule has 1 aromatic heterocycles. The molecule has 2 saturated heterocycles. The van der Waals surface area contributed by atoms with Crippen LogP contribution in [0.5, 0.6) is 0 Å². The van der Waals surface area contributed by atoms with E-state index in [9.17, 15) is 4.79 Å². The van der Waals surface area contributed by atoms with Crippen LogP contribution in [-0.2, 0) is 4.79 Å². The summed E-state index contributed by atoms with van der Waals surface area (Å²) in [4.78, 5) is 24.7. The average molecular weight is 417 g/mol. The minimum atomic E-state index is 0. The van der Waals surface area contributed by atoms with Crippen molar-refractivity contribution in [2.24, 2.45) is 5.92 Å². The molecule has 158 valence electrons. The fourth-order valence-corrected chi connectivity index (χ4v) is 4.63. The van der Waals surface area contributed by atoms with Crippen molar-refractivity contribution >= 4 is 34.9 Å². The number of hydrogen-bond donors (Lipinski definition) is 0. The highest BCUT2D eigenvalue weighted by atomic mass is 35.5. The number of rotatable bonds is 3. The number of hydrogen-bond acceptors (Lipinski definition) is 4. The number of benzene rings is 1. The highest BCUT2D eigenvalue weighted by Gasteiger charge is 2.31. The molecule has 6 heteroatoms. The average Bonchev–Trinajstić information content (AvgIpc) is 2.73. The third-order valence-electron chi connectivity index (χ3n) is 6.36. The van der Waals surface area contributed by atoms with Crippen molar-refractivity contribution in [1.29, 1.82) is 0 Å². The number of halogens is 1. The standard InChI is InChI=1S/C23H32N4O.ClH/c1-17(2)25-12-14-27(15-13-25)23(28)19-8-10-26(11-9-19)22-16-18(3)24-21-7-5-4-6-20(21)22;/h4-7,16-17,19H,8-15H2,1-3H3;1H. The lowest BCUT2D eigenvalue weighted by molar-refractivity contribution is -0.138. The molecule has 0 saturated carbocycles. The zero-order chi connectivity index (χ0) is 19.7. The second-order valence-corrected chi connectivity index (χ2v) is 8.52. The summed E-state index contributed by atoms with van der Waals surface area (Å²) in [5.41, 5.74) is 3.37. The van der Waals surface area contributed by atoms with Crippen molar-refractivity contribution in [3.63, 3.8) is 0 Å². The van der Waals surface area contributed by atoms with E-state index in [1.54, 1.807) is 0 Å². The number of piperidine rings is 1. The van der Waals surface area contributed by atoms with Crippen LogP contribution in [0.1, 0.15) is 32.4 Å². The number of amides is 1. The molecular formula is C23H33ClN4O. The number of aromatic nitrogens is 1. The Morgan fingerprint density at radius 3 is 2.34 bits per heavy atom. The van der Waals surface area contributed by atoms with E-state index in [2.05, 4.69) is 64.7 Å². The fraction of sp³-hybridized carbons (Fsp3) is 0.565. The Balaban J connectivity index is 0.00000240. The first-order chi connectivity index (χ1) is 13.5. The topological polar surface area (TPSA) is 39.7 Å². The van der Waals surface area contributed by atoms with Gasteiger partial charge in [-0.15, -0.1) is 12.4 Å². The zero-order valence-electron chi connectivity index (χ0n) is 17.8. The van der Waals surface area contributed by atoms with Crippen molar-refractivity contribution in [2.45, 2.75) is 39.7 Å². The Hall–Kier alpha value is -1.85. The van der Waals surface area contributed by atoms with E-state index in [1.807, 2.05) is 6.07 Å². The van der Waals surface area contributed by atoms with Crippen LogP contribution in [0.4, 0.5) is 5.69 Å². The molecule has 0 atom stereocenters. The molecule has 2 aromatic rings. The molecule has 2 aliphatic heterocycles. The lowest BCUT2D eigenvalue weighted by Crippen LogP contribution is -2.53. The minimum absolute atomic E-state index is 0. The summed E-state index contributed by atoms with van der Waals surface area (Å²) in [6, 6.07) is 11.1. The van der Waals surface area contributed by atoms with Crippen LogP contribution in [0.2, 0.25) is 0 Å². The molecule has 2 fully saturated rings. The Kier molecular flexibility index (Phi) is 7.01. The number of carbonyl (C=O) groups is 1. The van der Waals surface area contributed by atoms with Crippen LogP contribution >= 0.6 is 12.4 Å². The van der Waals surface area contributed by atoms with Gasteiger partial charge in [0.1, 0.15) is 0 Å². The Bertz CT molecular complexity index is 840. The molecule has 0 N–H and O–H groups in total. The number of aryl methyl sites for hydroxylation is 1. The molecule has 1 aromatic carbocycles. The molecule has 0 aliphatic carbocycles. The minimum Gasteiger partial charge on any atom is -0.371 e. The lowest BCUT2D eigenvalue weighted by atomic mass is 9.94. The van der Waals surface area contributed by atoms with E-state index in [-0.39, 0.29) is 18.3 Å². The molecule has 1 amide bonds. The van der Waals surface area contributed by atoms with E-state index >= 15 is 0 Å². The molecule has 0 radical (unpaired) electrons. The van der Waals surface area contributed by atoms with Crippen LogP contribution in [0.15, 0.2) is 30.3 Å². The van der Waals surface area contributed by atoms with Gasteiger partial charge in [0.25, 0.3) is 0 Å². The summed E-state index contributed by atoms with van der Waals surface area (Å²) in [6.45, 7) is 12.2. The molecule has 0 bridgehead atoms. The monoisotopic (exact) mass is 416 g/mol. The van der Waals surface area contributed by atoms with Gasteiger partial charge in [-0.25, -0.2) is 0 Å². The summed E-state index contributed by atoms with van der Waals surface area (Å²) < 4.78 is 0. The van der Waals surface area contributed by atoms with E-state index in [1.165, 1.54) is 11.1 Å². The third kappa shape index (κ3) is 4.67. The molecule has 29 heavy (non-hydrogen) atoms. The summed E-state index contributed by atoms with van der Waals surface area (Å²) in [5.74, 6) is 0.551. The predicted molar refractivity (Wildman–Crippen MR) is 122 cm³/mol. The maximum absolute atomic E-state index is 13.0. The van der Waals surface area contributed by atoms with E-state index in [4.69, 9.17) is 0 Å². The van der Waals surface area contributed by atoms with E-state index in [0.717, 1.165) is 63.3 Å². The van der Waals surface area contributed by atoms with Crippen molar-refractivity contribution in [2.75, 3.05) is 44.2 Å². The van der Waals surface area contributed by atoms with Gasteiger partial charge in [0.15, 0.2) is 0 Å². The van der Waals surface area contributed by atoms with Gasteiger partial charge in [-0.05, 0) is 45.7 Å². The Morgan fingerprint density at radius 1 is 1.03 bits per heavy atom. The smallest absolute Gasteiger partial charge is 0.225 e. The van der Waals surface area contributed by atoms with Gasteiger partial charge in [0.05, 0.1) is 5.52 Å². The first-order valence-corrected chi connectivity index (χ1v) is 10.7. The van der Waals surface area contributed by atoms with Gasteiger partial charge in [-0.3, -0.25) is 14.7 Å². The first-order valence-electron chi connectivity index (χ1n) is 10.7. The summed E-state index contributed by atoms with van der Waals surface area (Å²) >= 11 is 0. The highest BCUT2D eigenvalue weighted by Crippen LogP contribution is 2.31. The molecule has 3 heterocycles. The first kappa shape index (κ1) is 21.8. The Morgan fingerprint density at radius 2 is 1.69 bits per heavy atom. The van der Waals surface area contributed by atoms with Crippen LogP contribution in [0.3, 0.4) is 0 Å². The summed E-state index contributed by atoms with van der Waals surface area (Å²) in [5, 5.41) is 1.21. The maximum Gasteiger partial charge on any atom is 0.225 e. The largest absolute Gasteiger partial charge is 0.371 e. The van der Waals surface area contributed by atoms with Gasteiger partial charge in [-0.1, -0.05) is 18.2 Å². The molecular weight excluding hydrogens is 384 g/mol. The quantitative estimate of drug-likeness (QED) is 0.764. The van der Waals surface area contributed by atoms with Crippen molar-refractivity contribution < 1.29 is 4.79 Å². The number of carbonyl (C=O) groups excluding carboxylic acids is 1. The molecule has 0 unspecified atom stereocenters. The van der Waals surface area contributed by atoms with E-state index in [0.29, 0.717) is 11.9 Å². The second kappa shape index (κ2) is 9.31. The van der Waals surface area contributed by atoms with Gasteiger partial charge in [-0.2, -0.15) is 0 Å². The number of para-hydroxylation sites is 1. The fourth-order valence-electron chi connectivity index (χ4n) is 4.63. The summed E-state index contributed by atoms with van der Waals surface area (Å²) in [6.07, 6.45) is 1.89. The van der Waals surface area contributed by atoms with Gasteiger partial charge >= 0.3 is 0 Å². The van der Waals surface area contributed by atoms with Crippen LogP contribution < -0.4 is 4.90 Å². The second-order valence-electron chi connectivity index (χ2n) is 8.52. The number of piperazine rings is 1. The van der Waals surface area contributed by atoms with Gasteiger partial charge < -0.3 is 9.80 Å². The molecule has 2 aliphatic rings. The number of pyridine rings is 1. The Labute approximate surface area is 180 Å². The highest BCUT2D eigenvalue weighted by molar-refractivity contribution is 5.92. The maximum atomic E-state index is 13.0. The predicted octanol–water partition coefficient (Wildman–Crippen LogP) is 3.73. The zero-order valence-corrected chi connectivity index (χ0v) is 18.6. The molecule has 0 spiro atoms.